The van der Waals surface area contributed by atoms with Crippen molar-refractivity contribution in [2.24, 2.45) is 0 Å². The zero-order chi connectivity index (χ0) is 7.40. The molecule has 0 aromatic carbocycles. The molecule has 0 unspecified atom stereocenters. The van der Waals surface area contributed by atoms with E-state index in [0.29, 0.717) is 0 Å². The number of nitrogens with one attached hydrogen (secondary N) is 1. The molecule has 1 N–H and O–H groups in total. The maximum atomic E-state index is 3.11. The van der Waals surface area contributed by atoms with Crippen molar-refractivity contribution in [1.82, 2.24) is 10.2 Å². The largest absolute Gasteiger partial charge is 0.387 e. The van der Waals surface area contributed by atoms with Crippen LogP contribution in [0.2, 0.25) is 0 Å². The highest BCUT2D eigenvalue weighted by atomic mass is 15.0. The fourth-order valence-electron chi connectivity index (χ4n) is 0.974. The van der Waals surface area contributed by atoms with Crippen molar-refractivity contribution < 1.29 is 0 Å². The Morgan fingerprint density at radius 2 is 2.40 bits per heavy atom. The van der Waals surface area contributed by atoms with Crippen LogP contribution in [-0.4, -0.2) is 32.1 Å². The van der Waals surface area contributed by atoms with Gasteiger partial charge in [-0.15, -0.1) is 0 Å². The van der Waals surface area contributed by atoms with Gasteiger partial charge in [0, 0.05) is 13.1 Å². The number of dihydropyridines is 1. The molecular weight excluding hydrogens is 124 g/mol. The summed E-state index contributed by atoms with van der Waals surface area (Å²) >= 11 is 0. The van der Waals surface area contributed by atoms with Crippen LogP contribution in [0.5, 0.6) is 0 Å². The van der Waals surface area contributed by atoms with E-state index in [1.54, 1.807) is 0 Å². The van der Waals surface area contributed by atoms with E-state index in [1.807, 2.05) is 6.20 Å². The van der Waals surface area contributed by atoms with E-state index in [-0.39, 0.29) is 0 Å². The molecule has 1 rings (SSSR count). The third-order valence-electron chi connectivity index (χ3n) is 1.40. The summed E-state index contributed by atoms with van der Waals surface area (Å²) in [5.74, 6) is 0. The lowest BCUT2D eigenvalue weighted by Gasteiger charge is -2.12. The molecule has 0 saturated heterocycles. The van der Waals surface area contributed by atoms with Crippen LogP contribution in [0.1, 0.15) is 0 Å². The molecule has 0 amide bonds. The molecule has 0 fully saturated rings. The molecule has 56 valence electrons. The quantitative estimate of drug-likeness (QED) is 0.601. The van der Waals surface area contributed by atoms with Crippen molar-refractivity contribution in [3.63, 3.8) is 0 Å². The van der Waals surface area contributed by atoms with Gasteiger partial charge in [-0.2, -0.15) is 0 Å². The van der Waals surface area contributed by atoms with Crippen LogP contribution in [0.4, 0.5) is 0 Å². The second kappa shape index (κ2) is 3.42. The van der Waals surface area contributed by atoms with Gasteiger partial charge in [-0.25, -0.2) is 0 Å². The highest BCUT2D eigenvalue weighted by molar-refractivity contribution is 5.23. The van der Waals surface area contributed by atoms with Gasteiger partial charge in [-0.05, 0) is 31.9 Å². The van der Waals surface area contributed by atoms with Crippen LogP contribution in [0.25, 0.3) is 0 Å². The highest BCUT2D eigenvalue weighted by Gasteiger charge is 1.96. The molecule has 10 heavy (non-hydrogen) atoms. The summed E-state index contributed by atoms with van der Waals surface area (Å²) in [6.07, 6.45) is 6.32. The molecule has 1 aliphatic rings. The Balaban J connectivity index is 2.40. The minimum atomic E-state index is 0.972. The first kappa shape index (κ1) is 7.35. The topological polar surface area (TPSA) is 15.3 Å². The van der Waals surface area contributed by atoms with Gasteiger partial charge in [0.1, 0.15) is 0 Å². The standard InChI is InChI=1S/C8H14N2/c1-10(2)7-8-3-5-9-6-4-8/h3-5,9H,6-7H2,1-2H3. The molecule has 0 aromatic heterocycles. The smallest absolute Gasteiger partial charge is 0.0331 e. The van der Waals surface area contributed by atoms with Crippen LogP contribution < -0.4 is 5.32 Å². The first-order chi connectivity index (χ1) is 4.79. The van der Waals surface area contributed by atoms with Crippen molar-refractivity contribution in [3.05, 3.63) is 23.9 Å². The number of rotatable bonds is 2. The summed E-state index contributed by atoms with van der Waals surface area (Å²) in [4.78, 5) is 2.17. The van der Waals surface area contributed by atoms with Crippen molar-refractivity contribution >= 4 is 0 Å². The molecule has 0 spiro atoms. The van der Waals surface area contributed by atoms with Crippen molar-refractivity contribution in [1.29, 1.82) is 0 Å². The van der Waals surface area contributed by atoms with E-state index >= 15 is 0 Å². The van der Waals surface area contributed by atoms with Gasteiger partial charge in [0.25, 0.3) is 0 Å². The summed E-state index contributed by atoms with van der Waals surface area (Å²) in [6.45, 7) is 2.01. The molecule has 0 aliphatic carbocycles. The molecule has 0 radical (unpaired) electrons. The van der Waals surface area contributed by atoms with Gasteiger partial charge >= 0.3 is 0 Å². The maximum Gasteiger partial charge on any atom is 0.0331 e. The molecule has 0 saturated carbocycles. The zero-order valence-electron chi connectivity index (χ0n) is 6.59. The Morgan fingerprint density at radius 3 is 2.90 bits per heavy atom. The van der Waals surface area contributed by atoms with Crippen LogP contribution >= 0.6 is 0 Å². The molecule has 2 nitrogen and oxygen atoms in total. The fraction of sp³-hybridized carbons (Fsp3) is 0.500. The highest BCUT2D eigenvalue weighted by Crippen LogP contribution is 2.00. The molecule has 0 atom stereocenters. The third kappa shape index (κ3) is 2.23. The molecular formula is C8H14N2. The monoisotopic (exact) mass is 138 g/mol. The molecule has 1 aliphatic heterocycles. The Labute approximate surface area is 62.2 Å². The summed E-state index contributed by atoms with van der Waals surface area (Å²) in [5.41, 5.74) is 1.39. The molecule has 2 heteroatoms. The van der Waals surface area contributed by atoms with Crippen LogP contribution in [-0.2, 0) is 0 Å². The summed E-state index contributed by atoms with van der Waals surface area (Å²) in [6, 6.07) is 0. The number of hydrogen-bond acceptors (Lipinski definition) is 2. The van der Waals surface area contributed by atoms with E-state index in [9.17, 15) is 0 Å². The van der Waals surface area contributed by atoms with Crippen molar-refractivity contribution in [2.75, 3.05) is 27.2 Å². The van der Waals surface area contributed by atoms with E-state index in [0.717, 1.165) is 13.1 Å². The van der Waals surface area contributed by atoms with E-state index < -0.39 is 0 Å². The van der Waals surface area contributed by atoms with Crippen molar-refractivity contribution in [2.45, 2.75) is 0 Å². The summed E-state index contributed by atoms with van der Waals surface area (Å²) < 4.78 is 0. The second-order valence-electron chi connectivity index (χ2n) is 2.76. The van der Waals surface area contributed by atoms with Crippen LogP contribution in [0, 0.1) is 0 Å². The number of hydrogen-bond donors (Lipinski definition) is 1. The Morgan fingerprint density at radius 1 is 1.60 bits per heavy atom. The zero-order valence-corrected chi connectivity index (χ0v) is 6.59. The van der Waals surface area contributed by atoms with Gasteiger partial charge in [-0.3, -0.25) is 0 Å². The average Bonchev–Trinajstić information content (AvgIpc) is 1.88. The lowest BCUT2D eigenvalue weighted by molar-refractivity contribution is 0.448. The molecule has 0 aromatic rings. The first-order valence-corrected chi connectivity index (χ1v) is 3.53. The Kier molecular flexibility index (Phi) is 2.51. The minimum Gasteiger partial charge on any atom is -0.387 e. The predicted molar refractivity (Wildman–Crippen MR) is 43.8 cm³/mol. The van der Waals surface area contributed by atoms with Gasteiger partial charge in [0.05, 0.1) is 0 Å². The fourth-order valence-corrected chi connectivity index (χ4v) is 0.974. The lowest BCUT2D eigenvalue weighted by Crippen LogP contribution is -2.18. The maximum absolute atomic E-state index is 3.11. The normalized spacial score (nSPS) is 16.9. The van der Waals surface area contributed by atoms with Gasteiger partial charge < -0.3 is 10.2 Å². The summed E-state index contributed by atoms with van der Waals surface area (Å²) in [7, 11) is 4.16. The van der Waals surface area contributed by atoms with E-state index in [1.165, 1.54) is 5.57 Å². The average molecular weight is 138 g/mol. The van der Waals surface area contributed by atoms with E-state index in [2.05, 4.69) is 36.5 Å². The number of likely N-dealkylation sites (N-methyl/N-ethyl adjacent to an activating group) is 1. The SMILES string of the molecule is CN(C)CC1=CCNC=C1. The van der Waals surface area contributed by atoms with Gasteiger partial charge in [0.2, 0.25) is 0 Å². The predicted octanol–water partition coefficient (Wildman–Crippen LogP) is 0.591. The Bertz CT molecular complexity index is 157. The van der Waals surface area contributed by atoms with Gasteiger partial charge in [0.15, 0.2) is 0 Å². The van der Waals surface area contributed by atoms with Crippen molar-refractivity contribution in [3.8, 4) is 0 Å². The molecule has 0 bridgehead atoms. The van der Waals surface area contributed by atoms with Gasteiger partial charge in [-0.1, -0.05) is 6.08 Å². The minimum absolute atomic E-state index is 0.972. The third-order valence-corrected chi connectivity index (χ3v) is 1.40. The second-order valence-corrected chi connectivity index (χ2v) is 2.76. The van der Waals surface area contributed by atoms with Crippen LogP contribution in [0.3, 0.4) is 0 Å². The lowest BCUT2D eigenvalue weighted by atomic mass is 10.2. The van der Waals surface area contributed by atoms with Crippen LogP contribution in [0.15, 0.2) is 23.9 Å². The number of nitrogens with zero attached hydrogens (tertiary/aromatic N) is 1. The van der Waals surface area contributed by atoms with E-state index in [4.69, 9.17) is 0 Å². The Hall–Kier alpha value is -0.760. The summed E-state index contributed by atoms with van der Waals surface area (Å²) in [5, 5.41) is 3.11. The molecule has 1 heterocycles. The first-order valence-electron chi connectivity index (χ1n) is 3.53.